The maximum atomic E-state index is 13.6. The minimum atomic E-state index is -0.723. The molecule has 90 heavy (non-hydrogen) atoms. The van der Waals surface area contributed by atoms with Crippen molar-refractivity contribution in [3.8, 4) is 22.8 Å². The highest BCUT2D eigenvalue weighted by Crippen LogP contribution is 2.35. The lowest BCUT2D eigenvalue weighted by atomic mass is 10.0. The standard InChI is InChI=1S/2C28H22N12O4S/c29-20-21(23(42)22(20)41)31-15-3-1-2-12(8-15)11-30-26(44)19-10-18(33-27-36-37-28(45)40(19)27)25(43)32-17-7-5-13-9-14(4-6-16(13)17)24-34-38-39-35-24;29-20-21(23(42)22(20)41)31-15-3-1-2-12(8-15)11-30-25(43)18-10-19(40-27(33-18)36-37-28(40)45)26(44)32-17-7-5-13-9-14(4-6-16(13)17)24-34-38-39-35-24/h1-4,6,8-10,17,31H,5,7,11,29H2,(H,30,44)(H,32,43)(H,37,45)(H,34,35,38,39);1-4,6,8-10,17,31H,5,7,11,29H2,(H,30,43)(H,32,44)(H,37,45)(H,34,35,38,39)/t2*17-/m00/s1. The van der Waals surface area contributed by atoms with Crippen LogP contribution in [0.4, 0.5) is 34.1 Å². The second-order valence-corrected chi connectivity index (χ2v) is 21.5. The molecule has 6 aromatic carbocycles. The topological polar surface area (TPSA) is 462 Å². The highest BCUT2D eigenvalue weighted by atomic mass is 32.1. The van der Waals surface area contributed by atoms with Gasteiger partial charge >= 0.3 is 0 Å². The Morgan fingerprint density at radius 1 is 0.533 bits per heavy atom. The Kier molecular flexibility index (Phi) is 14.7. The molecule has 0 bridgehead atoms. The Morgan fingerprint density at radius 3 is 1.46 bits per heavy atom. The maximum Gasteiger partial charge on any atom is 0.270 e. The van der Waals surface area contributed by atoms with Gasteiger partial charge in [-0.1, -0.05) is 48.5 Å². The van der Waals surface area contributed by atoms with Crippen LogP contribution in [0.15, 0.2) is 116 Å². The van der Waals surface area contributed by atoms with Gasteiger partial charge in [-0.25, -0.2) is 29.0 Å². The molecule has 14 N–H and O–H groups in total. The first-order valence-corrected chi connectivity index (χ1v) is 28.1. The number of aromatic nitrogens is 16. The van der Waals surface area contributed by atoms with Crippen LogP contribution in [-0.4, -0.2) is 104 Å². The molecule has 14 rings (SSSR count). The summed E-state index contributed by atoms with van der Waals surface area (Å²) < 4.78 is 3.00. The second-order valence-electron chi connectivity index (χ2n) is 20.7. The number of hydrogen-bond acceptors (Lipinski definition) is 24. The van der Waals surface area contributed by atoms with Crippen molar-refractivity contribution in [3.63, 3.8) is 0 Å². The number of nitrogens with zero attached hydrogens (tertiary/aromatic N) is 12. The number of aryl methyl sites for hydroxylation is 2. The van der Waals surface area contributed by atoms with Crippen LogP contribution in [0, 0.1) is 9.54 Å². The second kappa shape index (κ2) is 23.2. The van der Waals surface area contributed by atoms with Crippen LogP contribution in [0.1, 0.15) is 100 Å². The molecular formula is C56H44N24O8S2. The monoisotopic (exact) mass is 1240 g/mol. The largest absolute Gasteiger partial charge is 0.394 e. The van der Waals surface area contributed by atoms with Gasteiger partial charge in [0.2, 0.25) is 21.2 Å². The number of hydrogen-bond donors (Lipinski definition) is 12. The number of nitrogens with one attached hydrogen (secondary N) is 10. The number of nitrogens with two attached hydrogens (primary N) is 2. The number of H-pyrrole nitrogens is 4. The van der Waals surface area contributed by atoms with Gasteiger partial charge in [-0.15, -0.1) is 30.6 Å². The number of rotatable bonds is 16. The smallest absolute Gasteiger partial charge is 0.270 e. The van der Waals surface area contributed by atoms with E-state index in [1.54, 1.807) is 48.5 Å². The molecule has 2 aliphatic rings. The van der Waals surface area contributed by atoms with E-state index in [1.807, 2.05) is 36.4 Å². The zero-order valence-electron chi connectivity index (χ0n) is 46.2. The van der Waals surface area contributed by atoms with Crippen LogP contribution in [0.2, 0.25) is 0 Å². The van der Waals surface area contributed by atoms with Gasteiger partial charge in [0.05, 0.1) is 12.1 Å². The molecule has 4 amide bonds. The van der Waals surface area contributed by atoms with Crippen molar-refractivity contribution in [2.45, 2.75) is 50.9 Å². The van der Waals surface area contributed by atoms with Gasteiger partial charge in [0.25, 0.3) is 56.9 Å². The number of nitrogen functional groups attached to an aromatic ring is 2. The molecule has 34 heteroatoms. The molecule has 12 aromatic rings. The van der Waals surface area contributed by atoms with E-state index in [0.717, 1.165) is 46.2 Å². The quantitative estimate of drug-likeness (QED) is 0.0488. The van der Waals surface area contributed by atoms with Crippen LogP contribution in [0.5, 0.6) is 0 Å². The van der Waals surface area contributed by atoms with E-state index in [1.165, 1.54) is 20.9 Å². The van der Waals surface area contributed by atoms with Crippen LogP contribution < -0.4 is 65.1 Å². The van der Waals surface area contributed by atoms with Gasteiger partial charge in [0, 0.05) is 35.6 Å². The highest BCUT2D eigenvalue weighted by molar-refractivity contribution is 7.71. The Labute approximate surface area is 511 Å². The third-order valence-corrected chi connectivity index (χ3v) is 15.7. The molecule has 6 aromatic heterocycles. The Morgan fingerprint density at radius 2 is 0.989 bits per heavy atom. The molecular weight excluding hydrogens is 1200 g/mol. The summed E-state index contributed by atoms with van der Waals surface area (Å²) >= 11 is 10.7. The molecule has 2 aliphatic carbocycles. The molecule has 448 valence electrons. The third-order valence-electron chi connectivity index (χ3n) is 15.2. The molecule has 0 saturated carbocycles. The fourth-order valence-corrected chi connectivity index (χ4v) is 11.1. The first-order chi connectivity index (χ1) is 43.5. The van der Waals surface area contributed by atoms with Crippen molar-refractivity contribution in [2.24, 2.45) is 0 Å². The number of anilines is 6. The number of tetrazole rings is 2. The summed E-state index contributed by atoms with van der Waals surface area (Å²) in [6.45, 7) is 0.193. The van der Waals surface area contributed by atoms with Gasteiger partial charge in [0.1, 0.15) is 45.5 Å². The van der Waals surface area contributed by atoms with Crippen molar-refractivity contribution in [1.82, 2.24) is 102 Å². The fraction of sp³-hybridized carbons (Fsp3) is 0.143. The lowest BCUT2D eigenvalue weighted by Gasteiger charge is -2.15. The van der Waals surface area contributed by atoms with Crippen molar-refractivity contribution < 1.29 is 19.2 Å². The summed E-state index contributed by atoms with van der Waals surface area (Å²) in [5, 5.41) is 58.9. The molecule has 0 fully saturated rings. The van der Waals surface area contributed by atoms with E-state index in [9.17, 15) is 38.4 Å². The summed E-state index contributed by atoms with van der Waals surface area (Å²) in [6, 6.07) is 27.5. The summed E-state index contributed by atoms with van der Waals surface area (Å²) in [5.74, 6) is -0.912. The summed E-state index contributed by atoms with van der Waals surface area (Å²) in [4.78, 5) is 109. The number of benzene rings is 4. The average molecular weight is 1250 g/mol. The normalized spacial score (nSPS) is 14.0. The van der Waals surface area contributed by atoms with E-state index in [0.29, 0.717) is 47.0 Å². The minimum Gasteiger partial charge on any atom is -0.394 e. The molecule has 0 aliphatic heterocycles. The average Bonchev–Trinajstić information content (AvgIpc) is 1.50. The lowest BCUT2D eigenvalue weighted by molar-refractivity contribution is 0.0918. The van der Waals surface area contributed by atoms with Crippen LogP contribution >= 0.6 is 24.4 Å². The van der Waals surface area contributed by atoms with Gasteiger partial charge < -0.3 is 43.4 Å². The number of carbonyl (C=O) groups excluding carboxylic acids is 4. The van der Waals surface area contributed by atoms with Gasteiger partial charge in [-0.2, -0.15) is 10.4 Å². The first-order valence-electron chi connectivity index (χ1n) is 27.3. The van der Waals surface area contributed by atoms with Crippen LogP contribution in [0.3, 0.4) is 0 Å². The van der Waals surface area contributed by atoms with Gasteiger partial charge in [-0.3, -0.25) is 38.4 Å². The summed E-state index contributed by atoms with van der Waals surface area (Å²) in [5.41, 5.74) is 16.5. The van der Waals surface area contributed by atoms with E-state index in [-0.39, 0.29) is 91.8 Å². The third kappa shape index (κ3) is 10.8. The highest BCUT2D eigenvalue weighted by Gasteiger charge is 2.30. The molecule has 0 saturated heterocycles. The van der Waals surface area contributed by atoms with E-state index < -0.39 is 45.3 Å². The number of amides is 4. The van der Waals surface area contributed by atoms with Gasteiger partial charge in [-0.05, 0) is 142 Å². The molecule has 0 radical (unpaired) electrons. The van der Waals surface area contributed by atoms with Crippen molar-refractivity contribution in [1.29, 1.82) is 0 Å². The van der Waals surface area contributed by atoms with Crippen molar-refractivity contribution >= 4 is 93.7 Å². The Hall–Kier alpha value is -12.2. The fourth-order valence-electron chi connectivity index (χ4n) is 10.7. The molecule has 6 heterocycles. The molecule has 0 unspecified atom stereocenters. The van der Waals surface area contributed by atoms with E-state index in [4.69, 9.17) is 35.9 Å². The molecule has 0 spiro atoms. The first kappa shape index (κ1) is 56.9. The Balaban J connectivity index is 0.000000165. The zero-order valence-corrected chi connectivity index (χ0v) is 47.9. The van der Waals surface area contributed by atoms with Crippen LogP contribution in [-0.2, 0) is 25.9 Å². The predicted octanol–water partition coefficient (Wildman–Crippen LogP) is 2.47. The van der Waals surface area contributed by atoms with Gasteiger partial charge in [0.15, 0.2) is 0 Å². The Bertz CT molecular complexity index is 5170. The van der Waals surface area contributed by atoms with Crippen LogP contribution in [0.25, 0.3) is 34.3 Å². The number of aromatic amines is 4. The minimum absolute atomic E-state index is 0.00436. The van der Waals surface area contributed by atoms with E-state index in [2.05, 4.69) is 104 Å². The SMILES string of the molecule is Nc1c(Nc2cccc(CNC(=O)c3cc(C(=O)N[C@H]4CCc5cc(-c6nn[nH]n6)ccc54)n4c(=S)[nH]nc4n3)c2)c(=O)c1=O.Nc1c(Nc2cccc(CNC(=O)c3cc(C(=O)N[C@H]4CCc5cc(-c6nn[nH]n6)ccc54)nc4n[nH]c(=S)n34)c2)c(=O)c1=O. The summed E-state index contributed by atoms with van der Waals surface area (Å²) in [6.07, 6.45) is 2.85. The number of fused-ring (bicyclic) bond motifs is 4. The molecule has 32 nitrogen and oxygen atoms in total. The molecule has 2 atom stereocenters. The van der Waals surface area contributed by atoms with Crippen molar-refractivity contribution in [3.05, 3.63) is 204 Å². The maximum absolute atomic E-state index is 13.6. The number of carbonyl (C=O) groups is 4. The predicted molar refractivity (Wildman–Crippen MR) is 326 cm³/mol. The lowest BCUT2D eigenvalue weighted by Crippen LogP contribution is -2.36. The van der Waals surface area contributed by atoms with Crippen molar-refractivity contribution in [2.75, 3.05) is 22.1 Å². The van der Waals surface area contributed by atoms with E-state index >= 15 is 0 Å². The summed E-state index contributed by atoms with van der Waals surface area (Å²) in [7, 11) is 0. The zero-order chi connectivity index (χ0) is 62.5.